The van der Waals surface area contributed by atoms with Gasteiger partial charge in [-0.3, -0.25) is 4.79 Å². The largest absolute Gasteiger partial charge is 0.366 e. The minimum atomic E-state index is -3.48. The Hall–Kier alpha value is -11.4. The van der Waals surface area contributed by atoms with Gasteiger partial charge in [-0.15, -0.1) is 0 Å². The highest BCUT2D eigenvalue weighted by Crippen LogP contribution is 2.34. The number of sulfonamides is 2. The number of H-pyrrole nitrogens is 1. The van der Waals surface area contributed by atoms with Crippen LogP contribution in [-0.4, -0.2) is 137 Å². The Morgan fingerprint density at radius 1 is 0.479 bits per heavy atom. The number of halogens is 7. The van der Waals surface area contributed by atoms with Crippen molar-refractivity contribution in [3.05, 3.63) is 288 Å². The highest BCUT2D eigenvalue weighted by molar-refractivity contribution is 9.11. The van der Waals surface area contributed by atoms with Gasteiger partial charge in [-0.2, -0.15) is 38.5 Å². The average molecular weight is 1880 g/mol. The van der Waals surface area contributed by atoms with Crippen molar-refractivity contribution < 1.29 is 34.8 Å². The summed E-state index contributed by atoms with van der Waals surface area (Å²) >= 11 is 13.9. The molecule has 36 heteroatoms. The number of imidazole rings is 1. The van der Waals surface area contributed by atoms with Crippen LogP contribution in [0, 0.1) is 17.5 Å². The molecule has 0 spiro atoms. The first kappa shape index (κ1) is 82.2. The normalized spacial score (nSPS) is 12.4. The molecule has 27 nitrogen and oxygen atoms in total. The summed E-state index contributed by atoms with van der Waals surface area (Å²) in [7, 11) is -1.00. The number of rotatable bonds is 21. The third kappa shape index (κ3) is 18.9. The second-order valence-corrected chi connectivity index (χ2v) is 34.2. The summed E-state index contributed by atoms with van der Waals surface area (Å²) in [4.78, 5) is 38.0. The van der Waals surface area contributed by atoms with E-state index in [-0.39, 0.29) is 33.1 Å². The van der Waals surface area contributed by atoms with Crippen LogP contribution in [0.2, 0.25) is 0 Å². The number of nitrogens with one attached hydrogen (secondary N) is 8. The number of aromatic nitrogens is 14. The Morgan fingerprint density at radius 2 is 0.855 bits per heavy atom. The van der Waals surface area contributed by atoms with Crippen LogP contribution >= 0.6 is 63.7 Å². The van der Waals surface area contributed by atoms with E-state index in [1.807, 2.05) is 22.7 Å². The summed E-state index contributed by atoms with van der Waals surface area (Å²) in [5.41, 5.74) is 12.9. The van der Waals surface area contributed by atoms with Crippen LogP contribution in [0.3, 0.4) is 0 Å². The van der Waals surface area contributed by atoms with Crippen molar-refractivity contribution in [2.75, 3.05) is 62.5 Å². The van der Waals surface area contributed by atoms with Crippen LogP contribution in [0.5, 0.6) is 0 Å². The molecule has 0 aliphatic carbocycles. The monoisotopic (exact) mass is 1870 g/mol. The van der Waals surface area contributed by atoms with E-state index >= 15 is 0 Å². The molecule has 1 aliphatic heterocycles. The van der Waals surface area contributed by atoms with Gasteiger partial charge in [0.25, 0.3) is 5.91 Å². The van der Waals surface area contributed by atoms with E-state index in [1.54, 1.807) is 185 Å². The molecule has 0 radical (unpaired) electrons. The molecular formula is C81H73Br4F3N22O5S2. The lowest BCUT2D eigenvalue weighted by molar-refractivity contribution is 0.0963. The number of carbonyl (C=O) groups is 1. The zero-order chi connectivity index (χ0) is 82.1. The van der Waals surface area contributed by atoms with Crippen molar-refractivity contribution in [3.8, 4) is 33.8 Å². The third-order valence-corrected chi connectivity index (χ3v) is 24.5. The molecule has 9 aromatic heterocycles. The van der Waals surface area contributed by atoms with Crippen LogP contribution in [0.4, 0.5) is 36.4 Å². The number of fused-ring (bicyclic) bond motifs is 5. The number of nitrogens with zero attached hydrogens (tertiary/aromatic N) is 14. The minimum Gasteiger partial charge on any atom is -0.366 e. The Bertz CT molecular complexity index is 6530. The third-order valence-electron chi connectivity index (χ3n) is 19.0. The maximum atomic E-state index is 14.3. The smallest absolute Gasteiger partial charge is 0.251 e. The Kier molecular flexibility index (Phi) is 25.6. The molecule has 598 valence electrons. The van der Waals surface area contributed by atoms with Crippen molar-refractivity contribution in [2.45, 2.75) is 54.7 Å². The Morgan fingerprint density at radius 3 is 1.26 bits per heavy atom. The van der Waals surface area contributed by atoms with E-state index in [0.29, 0.717) is 119 Å². The Balaban J connectivity index is 0.000000129. The number of aromatic amines is 1. The van der Waals surface area contributed by atoms with E-state index in [0.717, 1.165) is 75.3 Å². The van der Waals surface area contributed by atoms with Crippen LogP contribution in [0.15, 0.2) is 247 Å². The number of hydrogen-bond donors (Lipinski definition) is 8. The number of amides is 1. The lowest BCUT2D eigenvalue weighted by Crippen LogP contribution is -2.27. The minimum absolute atomic E-state index is 0.128. The van der Waals surface area contributed by atoms with Crippen molar-refractivity contribution in [3.63, 3.8) is 0 Å². The molecule has 8 N–H and O–H groups in total. The molecule has 1 saturated heterocycles. The lowest BCUT2D eigenvalue weighted by atomic mass is 9.94. The molecule has 16 aromatic rings. The molecule has 1 aliphatic rings. The van der Waals surface area contributed by atoms with Crippen LogP contribution in [-0.2, 0) is 46.2 Å². The predicted octanol–water partition coefficient (Wildman–Crippen LogP) is 15.7. The topological polar surface area (TPSA) is 322 Å². The SMILES string of the molecule is Brc1cnn2c(NCc3ccc4nc[nH]c4c3)cc(C3CCNCC3)nc12.CN(C)S(=O)(=O)c1ccc(CNc2cc(-c3ccccc3F)nc3c(Br)cnn23)cc1.CNC(=O)c1ccc(CNc2cc(-c3ccccc3F)nc3c(Br)cnn23)cc1.CNS(=O)(=O)c1ccc(CNc2cc(-c3ccccc3F)nc3c(Br)cnn23)cc1. The zero-order valence-electron chi connectivity index (χ0n) is 62.8. The fourth-order valence-corrected chi connectivity index (χ4v) is 15.7. The van der Waals surface area contributed by atoms with Crippen LogP contribution in [0.25, 0.3) is 67.4 Å². The average Bonchev–Trinajstić information content (AvgIpc) is 1.66. The standard InChI is InChI=1S/C21H19BrFN5O2S.C21H17BrFN5O.C20H17BrFN5O2S.C19H20BrN7/c1-27(2)31(29,30)15-9-7-14(8-10-15)12-24-20-11-19(16-5-3-4-6-18(16)23)26-21-17(22)13-25-28(20)21;1-24-21(29)14-8-6-13(7-9-14)11-25-19-10-18(15-4-2-3-5-17(15)23)27-20-16(22)12-26-28(19)20;1-23-30(28,29)14-8-6-13(7-9-14)11-24-19-10-18(15-4-2-3-5-17(15)22)26-20-16(21)12-25-27(19)20;20-14-10-25-27-18(8-16(26-19(14)27)13-3-5-21-6-4-13)22-9-12-1-2-15-17(7-12)24-11-23-15/h3-11,13,24H,12H2,1-2H3;2-10,12,25H,11H2,1H3,(H,24,29);2-10,12,23-24H,11H2,1H3;1-2,7-8,10-11,13,21-22H,3-6,9H2,(H,23,24). The molecule has 7 aromatic carbocycles. The molecule has 10 heterocycles. The van der Waals surface area contributed by atoms with Gasteiger partial charge in [-0.05, 0) is 204 Å². The van der Waals surface area contributed by atoms with E-state index in [1.165, 1.54) is 49.2 Å². The number of carbonyl (C=O) groups excluding carboxylic acids is 1. The lowest BCUT2D eigenvalue weighted by Gasteiger charge is -2.23. The maximum Gasteiger partial charge on any atom is 0.251 e. The van der Waals surface area contributed by atoms with Gasteiger partial charge in [-0.25, -0.2) is 64.0 Å². The number of piperidine rings is 1. The summed E-state index contributed by atoms with van der Waals surface area (Å²) in [6.07, 6.45) is 10.7. The van der Waals surface area contributed by atoms with Crippen molar-refractivity contribution in [1.82, 2.24) is 88.0 Å². The second-order valence-electron chi connectivity index (χ2n) is 26.7. The van der Waals surface area contributed by atoms with Gasteiger partial charge in [0.2, 0.25) is 20.0 Å². The fourth-order valence-electron chi connectivity index (χ4n) is 12.7. The van der Waals surface area contributed by atoms with Gasteiger partial charge in [0, 0.05) is 105 Å². The van der Waals surface area contributed by atoms with Crippen LogP contribution < -0.4 is 36.6 Å². The summed E-state index contributed by atoms with van der Waals surface area (Å²) in [6, 6.07) is 53.5. The molecule has 0 bridgehead atoms. The van der Waals surface area contributed by atoms with Gasteiger partial charge in [0.1, 0.15) is 40.7 Å². The molecule has 0 saturated carbocycles. The summed E-state index contributed by atoms with van der Waals surface area (Å²) in [5, 5.41) is 36.9. The molecule has 17 rings (SSSR count). The molecule has 1 fully saturated rings. The first-order valence-electron chi connectivity index (χ1n) is 36.4. The molecule has 1 amide bonds. The van der Waals surface area contributed by atoms with Crippen LogP contribution in [0.1, 0.15) is 57.1 Å². The number of benzene rings is 7. The molecule has 0 atom stereocenters. The zero-order valence-corrected chi connectivity index (χ0v) is 70.8. The van der Waals surface area contributed by atoms with Crippen molar-refractivity contribution in [2.24, 2.45) is 0 Å². The van der Waals surface area contributed by atoms with Gasteiger partial charge in [-0.1, -0.05) is 78.9 Å². The highest BCUT2D eigenvalue weighted by atomic mass is 79.9. The quantitative estimate of drug-likeness (QED) is 0.0331. The number of anilines is 4. The van der Waals surface area contributed by atoms with E-state index in [4.69, 9.17) is 4.98 Å². The molecular weight excluding hydrogens is 1800 g/mol. The summed E-state index contributed by atoms with van der Waals surface area (Å²) in [5.74, 6) is 2.18. The first-order valence-corrected chi connectivity index (χ1v) is 42.4. The van der Waals surface area contributed by atoms with Crippen molar-refractivity contribution in [1.29, 1.82) is 0 Å². The maximum absolute atomic E-state index is 14.3. The summed E-state index contributed by atoms with van der Waals surface area (Å²) < 4.78 is 104. The predicted molar refractivity (Wildman–Crippen MR) is 459 cm³/mol. The van der Waals surface area contributed by atoms with Gasteiger partial charge < -0.3 is 36.9 Å². The van der Waals surface area contributed by atoms with E-state index in [9.17, 15) is 34.8 Å². The molecule has 0 unspecified atom stereocenters. The van der Waals surface area contributed by atoms with E-state index < -0.39 is 20.0 Å². The van der Waals surface area contributed by atoms with Crippen molar-refractivity contribution >= 4 is 147 Å². The van der Waals surface area contributed by atoms with E-state index in [2.05, 4.69) is 164 Å². The highest BCUT2D eigenvalue weighted by Gasteiger charge is 2.23. The van der Waals surface area contributed by atoms with Gasteiger partial charge in [0.05, 0.1) is 86.9 Å². The first-order chi connectivity index (χ1) is 56.5. The second kappa shape index (κ2) is 36.4. The van der Waals surface area contributed by atoms with Gasteiger partial charge in [0.15, 0.2) is 22.6 Å². The molecule has 117 heavy (non-hydrogen) atoms. The van der Waals surface area contributed by atoms with Gasteiger partial charge >= 0.3 is 0 Å². The number of hydrogen-bond acceptors (Lipinski definition) is 19. The summed E-state index contributed by atoms with van der Waals surface area (Å²) in [6.45, 7) is 4.12. The fraction of sp³-hybridized carbons (Fsp3) is 0.160. The Labute approximate surface area is 703 Å².